The zero-order chi connectivity index (χ0) is 13.2. The van der Waals surface area contributed by atoms with Gasteiger partial charge in [0.05, 0.1) is 11.5 Å². The van der Waals surface area contributed by atoms with Gasteiger partial charge in [-0.1, -0.05) is 0 Å². The zero-order valence-corrected chi connectivity index (χ0v) is 10.7. The molecule has 1 aliphatic heterocycles. The van der Waals surface area contributed by atoms with Crippen molar-refractivity contribution in [3.05, 3.63) is 0 Å². The summed E-state index contributed by atoms with van der Waals surface area (Å²) in [5, 5.41) is 8.76. The Bertz CT molecular complexity index is 416. The number of sulfone groups is 1. The van der Waals surface area contributed by atoms with Crippen molar-refractivity contribution >= 4 is 21.7 Å². The highest BCUT2D eigenvalue weighted by Crippen LogP contribution is 2.22. The van der Waals surface area contributed by atoms with Crippen LogP contribution in [0, 0.1) is 5.92 Å². The van der Waals surface area contributed by atoms with E-state index in [-0.39, 0.29) is 29.8 Å². The molecule has 6 nitrogen and oxygen atoms in total. The van der Waals surface area contributed by atoms with Gasteiger partial charge in [0.25, 0.3) is 0 Å². The number of hydrogen-bond acceptors (Lipinski definition) is 4. The molecule has 0 aromatic heterocycles. The van der Waals surface area contributed by atoms with E-state index in [9.17, 15) is 18.0 Å². The molecule has 2 unspecified atom stereocenters. The fourth-order valence-electron chi connectivity index (χ4n) is 1.81. The van der Waals surface area contributed by atoms with Crippen LogP contribution in [0.15, 0.2) is 0 Å². The molecule has 1 aliphatic rings. The van der Waals surface area contributed by atoms with E-state index in [1.165, 1.54) is 14.0 Å². The van der Waals surface area contributed by atoms with Crippen LogP contribution in [0.1, 0.15) is 19.8 Å². The molecule has 1 saturated heterocycles. The second kappa shape index (κ2) is 5.03. The first kappa shape index (κ1) is 14.0. The summed E-state index contributed by atoms with van der Waals surface area (Å²) >= 11 is 0. The van der Waals surface area contributed by atoms with Crippen molar-refractivity contribution in [3.63, 3.8) is 0 Å². The van der Waals surface area contributed by atoms with E-state index in [4.69, 9.17) is 5.11 Å². The monoisotopic (exact) mass is 263 g/mol. The number of rotatable bonds is 4. The molecule has 0 saturated carbocycles. The molecular formula is C10H17NO5S. The lowest BCUT2D eigenvalue weighted by molar-refractivity contribution is -0.148. The van der Waals surface area contributed by atoms with E-state index in [0.29, 0.717) is 6.42 Å². The van der Waals surface area contributed by atoms with E-state index >= 15 is 0 Å². The third-order valence-electron chi connectivity index (χ3n) is 3.12. The van der Waals surface area contributed by atoms with Gasteiger partial charge in [0, 0.05) is 13.5 Å². The van der Waals surface area contributed by atoms with Crippen LogP contribution >= 0.6 is 0 Å². The van der Waals surface area contributed by atoms with Crippen molar-refractivity contribution in [2.45, 2.75) is 25.8 Å². The van der Waals surface area contributed by atoms with Gasteiger partial charge in [-0.2, -0.15) is 0 Å². The highest BCUT2D eigenvalue weighted by atomic mass is 32.2. The Kier molecular flexibility index (Phi) is 4.13. The van der Waals surface area contributed by atoms with E-state index in [0.717, 1.165) is 4.90 Å². The maximum absolute atomic E-state index is 11.7. The second-order valence-electron chi connectivity index (χ2n) is 4.49. The minimum atomic E-state index is -2.99. The Balaban J connectivity index is 2.53. The molecule has 2 atom stereocenters. The summed E-state index contributed by atoms with van der Waals surface area (Å²) in [6, 6.07) is -0.888. The third kappa shape index (κ3) is 3.69. The average Bonchev–Trinajstić information content (AvgIpc) is 2.55. The Morgan fingerprint density at radius 2 is 2.06 bits per heavy atom. The Labute approximate surface area is 101 Å². The van der Waals surface area contributed by atoms with Crippen molar-refractivity contribution in [3.8, 4) is 0 Å². The molecule has 0 spiro atoms. The molecule has 0 bridgehead atoms. The summed E-state index contributed by atoms with van der Waals surface area (Å²) in [4.78, 5) is 23.6. The third-order valence-corrected chi connectivity index (χ3v) is 4.96. The molecule has 0 aliphatic carbocycles. The van der Waals surface area contributed by atoms with Crippen LogP contribution in [0.5, 0.6) is 0 Å². The molecule has 0 aromatic rings. The van der Waals surface area contributed by atoms with E-state index < -0.39 is 21.8 Å². The van der Waals surface area contributed by atoms with Crippen LogP contribution in [0.4, 0.5) is 0 Å². The number of carboxylic acids is 1. The fourth-order valence-corrected chi connectivity index (χ4v) is 3.67. The molecule has 1 heterocycles. The van der Waals surface area contributed by atoms with Gasteiger partial charge in [0.15, 0.2) is 9.84 Å². The summed E-state index contributed by atoms with van der Waals surface area (Å²) in [5.41, 5.74) is 0. The first-order chi connectivity index (χ1) is 7.73. The average molecular weight is 263 g/mol. The molecule has 0 radical (unpaired) electrons. The number of carboxylic acid groups (broad SMARTS) is 1. The van der Waals surface area contributed by atoms with Gasteiger partial charge in [-0.3, -0.25) is 4.79 Å². The van der Waals surface area contributed by atoms with Gasteiger partial charge in [-0.25, -0.2) is 13.2 Å². The van der Waals surface area contributed by atoms with Crippen molar-refractivity contribution in [1.82, 2.24) is 4.90 Å². The van der Waals surface area contributed by atoms with Crippen LogP contribution in [0.2, 0.25) is 0 Å². The number of hydrogen-bond donors (Lipinski definition) is 1. The predicted molar refractivity (Wildman–Crippen MR) is 61.2 cm³/mol. The van der Waals surface area contributed by atoms with Crippen LogP contribution in [-0.4, -0.2) is 54.9 Å². The first-order valence-corrected chi connectivity index (χ1v) is 7.24. The molecule has 0 aromatic carbocycles. The van der Waals surface area contributed by atoms with Crippen LogP contribution < -0.4 is 0 Å². The van der Waals surface area contributed by atoms with Gasteiger partial charge < -0.3 is 10.0 Å². The Morgan fingerprint density at radius 3 is 2.47 bits per heavy atom. The standard InChI is InChI=1S/C10H17NO5S/c1-7(10(13)14)11(2)9(12)5-8-3-4-17(15,16)6-8/h7-8H,3-6H2,1-2H3,(H,13,14). The summed E-state index contributed by atoms with van der Waals surface area (Å²) in [5.74, 6) is -1.39. The number of amides is 1. The lowest BCUT2D eigenvalue weighted by Crippen LogP contribution is -2.40. The van der Waals surface area contributed by atoms with Crippen molar-refractivity contribution in [1.29, 1.82) is 0 Å². The van der Waals surface area contributed by atoms with E-state index in [1.54, 1.807) is 0 Å². The molecule has 1 rings (SSSR count). The maximum Gasteiger partial charge on any atom is 0.326 e. The predicted octanol–water partition coefficient (Wildman–Crippen LogP) is -0.257. The van der Waals surface area contributed by atoms with Crippen molar-refractivity contribution < 1.29 is 23.1 Å². The van der Waals surface area contributed by atoms with E-state index in [1.807, 2.05) is 0 Å². The van der Waals surface area contributed by atoms with Gasteiger partial charge >= 0.3 is 5.97 Å². The van der Waals surface area contributed by atoms with Crippen molar-refractivity contribution in [2.24, 2.45) is 5.92 Å². The summed E-state index contributed by atoms with van der Waals surface area (Å²) < 4.78 is 22.4. The summed E-state index contributed by atoms with van der Waals surface area (Å²) in [6.45, 7) is 1.42. The number of likely N-dealkylation sites (N-methyl/N-ethyl adjacent to an activating group) is 1. The molecule has 98 valence electrons. The fraction of sp³-hybridized carbons (Fsp3) is 0.800. The van der Waals surface area contributed by atoms with Gasteiger partial charge in [0.2, 0.25) is 5.91 Å². The maximum atomic E-state index is 11.7. The summed E-state index contributed by atoms with van der Waals surface area (Å²) in [6.07, 6.45) is 0.594. The van der Waals surface area contributed by atoms with Gasteiger partial charge in [-0.15, -0.1) is 0 Å². The van der Waals surface area contributed by atoms with E-state index in [2.05, 4.69) is 0 Å². The highest BCUT2D eigenvalue weighted by molar-refractivity contribution is 7.91. The number of carbonyl (C=O) groups excluding carboxylic acids is 1. The molecule has 1 fully saturated rings. The lowest BCUT2D eigenvalue weighted by atomic mass is 10.0. The number of carbonyl (C=O) groups is 2. The minimum Gasteiger partial charge on any atom is -0.480 e. The molecule has 17 heavy (non-hydrogen) atoms. The second-order valence-corrected chi connectivity index (χ2v) is 6.72. The summed E-state index contributed by atoms with van der Waals surface area (Å²) in [7, 11) is -1.57. The quantitative estimate of drug-likeness (QED) is 0.754. The van der Waals surface area contributed by atoms with Crippen LogP contribution in [0.25, 0.3) is 0 Å². The smallest absolute Gasteiger partial charge is 0.326 e. The normalized spacial score (nSPS) is 24.2. The lowest BCUT2D eigenvalue weighted by Gasteiger charge is -2.22. The van der Waals surface area contributed by atoms with Crippen LogP contribution in [-0.2, 0) is 19.4 Å². The van der Waals surface area contributed by atoms with Gasteiger partial charge in [-0.05, 0) is 19.3 Å². The van der Waals surface area contributed by atoms with Crippen LogP contribution in [0.3, 0.4) is 0 Å². The Hall–Kier alpha value is -1.11. The molecule has 1 amide bonds. The zero-order valence-electron chi connectivity index (χ0n) is 9.92. The SMILES string of the molecule is CC(C(=O)O)N(C)C(=O)CC1CCS(=O)(=O)C1. The topological polar surface area (TPSA) is 91.8 Å². The highest BCUT2D eigenvalue weighted by Gasteiger charge is 2.31. The molecule has 7 heteroatoms. The molecular weight excluding hydrogens is 246 g/mol. The Morgan fingerprint density at radius 1 is 1.47 bits per heavy atom. The number of nitrogens with zero attached hydrogens (tertiary/aromatic N) is 1. The number of aliphatic carboxylic acids is 1. The molecule has 1 N–H and O–H groups in total. The first-order valence-electron chi connectivity index (χ1n) is 5.42. The van der Waals surface area contributed by atoms with Crippen molar-refractivity contribution in [2.75, 3.05) is 18.6 Å². The largest absolute Gasteiger partial charge is 0.480 e. The van der Waals surface area contributed by atoms with Gasteiger partial charge in [0.1, 0.15) is 6.04 Å². The minimum absolute atomic E-state index is 0.0357.